The smallest absolute Gasteiger partial charge is 0.247 e. The van der Waals surface area contributed by atoms with Crippen molar-refractivity contribution in [3.8, 4) is 0 Å². The van der Waals surface area contributed by atoms with E-state index in [0.717, 1.165) is 15.4 Å². The Hall–Kier alpha value is -2.71. The van der Waals surface area contributed by atoms with Crippen LogP contribution in [0.1, 0.15) is 25.0 Å². The molecule has 1 N–H and O–H groups in total. The maximum Gasteiger partial charge on any atom is 0.247 e. The average molecular weight is 430 g/mol. The maximum atomic E-state index is 13.4. The third-order valence-electron chi connectivity index (χ3n) is 5.44. The number of nitrogens with one attached hydrogen (secondary N) is 1. The Morgan fingerprint density at radius 1 is 1.10 bits per heavy atom. The number of amides is 2. The molecular weight excluding hydrogens is 402 g/mol. The third kappa shape index (κ3) is 4.24. The van der Waals surface area contributed by atoms with E-state index in [1.54, 1.807) is 19.1 Å². The predicted molar refractivity (Wildman–Crippen MR) is 116 cm³/mol. The number of hydrogen-bond donors (Lipinski definition) is 1. The Morgan fingerprint density at radius 2 is 1.73 bits per heavy atom. The number of piperazine rings is 1. The normalized spacial score (nSPS) is 20.2. The molecule has 3 rings (SSSR count). The fourth-order valence-corrected chi connectivity index (χ4v) is 4.82. The molecule has 0 bridgehead atoms. The summed E-state index contributed by atoms with van der Waals surface area (Å²) in [7, 11) is -3.64. The zero-order chi connectivity index (χ0) is 21.9. The first-order valence-corrected chi connectivity index (χ1v) is 11.5. The van der Waals surface area contributed by atoms with Crippen molar-refractivity contribution in [2.75, 3.05) is 23.7 Å². The van der Waals surface area contributed by atoms with Crippen molar-refractivity contribution in [2.45, 2.75) is 32.9 Å². The van der Waals surface area contributed by atoms with E-state index in [0.29, 0.717) is 5.69 Å². The van der Waals surface area contributed by atoms with E-state index in [9.17, 15) is 18.0 Å². The van der Waals surface area contributed by atoms with Crippen LogP contribution in [-0.4, -0.2) is 48.9 Å². The molecule has 2 amide bonds. The lowest BCUT2D eigenvalue weighted by atomic mass is 9.93. The van der Waals surface area contributed by atoms with Gasteiger partial charge in [-0.15, -0.1) is 0 Å². The molecule has 8 heteroatoms. The predicted octanol–water partition coefficient (Wildman–Crippen LogP) is 2.07. The van der Waals surface area contributed by atoms with Crippen LogP contribution in [0.25, 0.3) is 0 Å². The molecule has 1 fully saturated rings. The summed E-state index contributed by atoms with van der Waals surface area (Å²) < 4.78 is 26.2. The van der Waals surface area contributed by atoms with E-state index in [2.05, 4.69) is 5.32 Å². The van der Waals surface area contributed by atoms with Crippen LogP contribution in [0.3, 0.4) is 0 Å². The molecule has 30 heavy (non-hydrogen) atoms. The Morgan fingerprint density at radius 3 is 2.37 bits per heavy atom. The molecule has 1 aliphatic heterocycles. The van der Waals surface area contributed by atoms with Gasteiger partial charge in [-0.05, 0) is 38.0 Å². The van der Waals surface area contributed by atoms with Crippen molar-refractivity contribution in [1.29, 1.82) is 0 Å². The number of hydrogen-bond acceptors (Lipinski definition) is 4. The van der Waals surface area contributed by atoms with Crippen molar-refractivity contribution in [1.82, 2.24) is 9.62 Å². The molecule has 2 aromatic rings. The van der Waals surface area contributed by atoms with E-state index in [4.69, 9.17) is 0 Å². The summed E-state index contributed by atoms with van der Waals surface area (Å²) in [6.07, 6.45) is 0. The summed E-state index contributed by atoms with van der Waals surface area (Å²) in [6, 6.07) is 16.7. The van der Waals surface area contributed by atoms with Crippen LogP contribution < -0.4 is 10.2 Å². The molecule has 0 spiro atoms. The van der Waals surface area contributed by atoms with E-state index in [-0.39, 0.29) is 25.4 Å². The lowest BCUT2D eigenvalue weighted by molar-refractivity contribution is -0.133. The van der Waals surface area contributed by atoms with Gasteiger partial charge in [-0.2, -0.15) is 4.31 Å². The highest BCUT2D eigenvalue weighted by Gasteiger charge is 2.50. The fraction of sp³-hybridized carbons (Fsp3) is 0.364. The SMILES string of the molecule is CCS(=O)(=O)N1CC(=O)N(c2ccccc2C)C(C)(C(=O)NCc2ccccc2)C1. The van der Waals surface area contributed by atoms with Gasteiger partial charge in [0.2, 0.25) is 21.8 Å². The first-order valence-electron chi connectivity index (χ1n) is 9.88. The second-order valence-corrected chi connectivity index (χ2v) is 9.88. The summed E-state index contributed by atoms with van der Waals surface area (Å²) in [5, 5.41) is 2.88. The Labute approximate surface area is 177 Å². The molecule has 7 nitrogen and oxygen atoms in total. The second kappa shape index (κ2) is 8.57. The second-order valence-electron chi connectivity index (χ2n) is 7.63. The van der Waals surface area contributed by atoms with Crippen molar-refractivity contribution >= 4 is 27.5 Å². The Balaban J connectivity index is 1.99. The number of benzene rings is 2. The monoisotopic (exact) mass is 429 g/mol. The lowest BCUT2D eigenvalue weighted by Crippen LogP contribution is -2.70. The fourth-order valence-electron chi connectivity index (χ4n) is 3.70. The van der Waals surface area contributed by atoms with Crippen LogP contribution in [0, 0.1) is 6.92 Å². The quantitative estimate of drug-likeness (QED) is 0.762. The van der Waals surface area contributed by atoms with Crippen LogP contribution >= 0.6 is 0 Å². The number of aryl methyl sites for hydroxylation is 1. The minimum Gasteiger partial charge on any atom is -0.350 e. The molecule has 1 aliphatic rings. The van der Waals surface area contributed by atoms with Crippen molar-refractivity contribution < 1.29 is 18.0 Å². The number of nitrogens with zero attached hydrogens (tertiary/aromatic N) is 2. The van der Waals surface area contributed by atoms with Gasteiger partial charge < -0.3 is 5.32 Å². The zero-order valence-electron chi connectivity index (χ0n) is 17.5. The molecule has 1 unspecified atom stereocenters. The first-order chi connectivity index (χ1) is 14.2. The van der Waals surface area contributed by atoms with Crippen LogP contribution in [-0.2, 0) is 26.2 Å². The van der Waals surface area contributed by atoms with E-state index < -0.39 is 27.4 Å². The standard InChI is InChI=1S/C22H27N3O4S/c1-4-30(28,29)24-15-20(26)25(19-13-9-8-10-17(19)2)22(3,16-24)21(27)23-14-18-11-6-5-7-12-18/h5-13H,4,14-16H2,1-3H3,(H,23,27). The minimum absolute atomic E-state index is 0.107. The molecule has 0 aromatic heterocycles. The molecule has 0 aliphatic carbocycles. The highest BCUT2D eigenvalue weighted by atomic mass is 32.2. The maximum absolute atomic E-state index is 13.4. The highest BCUT2D eigenvalue weighted by molar-refractivity contribution is 7.89. The molecule has 2 aromatic carbocycles. The molecular formula is C22H27N3O4S. The van der Waals surface area contributed by atoms with Gasteiger partial charge >= 0.3 is 0 Å². The van der Waals surface area contributed by atoms with Gasteiger partial charge in [0.05, 0.1) is 12.3 Å². The number of para-hydroxylation sites is 1. The Bertz CT molecular complexity index is 1040. The van der Waals surface area contributed by atoms with Crippen LogP contribution in [0.2, 0.25) is 0 Å². The number of rotatable bonds is 6. The number of anilines is 1. The molecule has 1 heterocycles. The number of carbonyl (C=O) groups excluding carboxylic acids is 2. The van der Waals surface area contributed by atoms with Gasteiger partial charge in [0, 0.05) is 18.8 Å². The van der Waals surface area contributed by atoms with Gasteiger partial charge in [-0.1, -0.05) is 48.5 Å². The molecule has 0 radical (unpaired) electrons. The third-order valence-corrected chi connectivity index (χ3v) is 7.21. The average Bonchev–Trinajstić information content (AvgIpc) is 2.73. The van der Waals surface area contributed by atoms with Crippen molar-refractivity contribution in [3.63, 3.8) is 0 Å². The van der Waals surface area contributed by atoms with Gasteiger partial charge in [-0.3, -0.25) is 14.5 Å². The first kappa shape index (κ1) is 22.0. The van der Waals surface area contributed by atoms with E-state index in [1.165, 1.54) is 11.8 Å². The summed E-state index contributed by atoms with van der Waals surface area (Å²) in [6.45, 7) is 4.90. The molecule has 1 saturated heterocycles. The van der Waals surface area contributed by atoms with Crippen molar-refractivity contribution in [2.24, 2.45) is 0 Å². The van der Waals surface area contributed by atoms with Crippen molar-refractivity contribution in [3.05, 3.63) is 65.7 Å². The van der Waals surface area contributed by atoms with Gasteiger partial charge in [0.1, 0.15) is 5.54 Å². The lowest BCUT2D eigenvalue weighted by Gasteiger charge is -2.47. The largest absolute Gasteiger partial charge is 0.350 e. The topological polar surface area (TPSA) is 86.8 Å². The Kier molecular flexibility index (Phi) is 6.28. The van der Waals surface area contributed by atoms with Gasteiger partial charge in [-0.25, -0.2) is 8.42 Å². The van der Waals surface area contributed by atoms with Gasteiger partial charge in [0.15, 0.2) is 0 Å². The molecule has 0 saturated carbocycles. The summed E-state index contributed by atoms with van der Waals surface area (Å²) in [5.74, 6) is -0.962. The van der Waals surface area contributed by atoms with Crippen LogP contribution in [0.5, 0.6) is 0 Å². The van der Waals surface area contributed by atoms with Crippen LogP contribution in [0.15, 0.2) is 54.6 Å². The molecule has 160 valence electrons. The molecule has 1 atom stereocenters. The zero-order valence-corrected chi connectivity index (χ0v) is 18.3. The summed E-state index contributed by atoms with van der Waals surface area (Å²) >= 11 is 0. The van der Waals surface area contributed by atoms with E-state index >= 15 is 0 Å². The highest BCUT2D eigenvalue weighted by Crippen LogP contribution is 2.32. The van der Waals surface area contributed by atoms with Gasteiger partial charge in [0.25, 0.3) is 0 Å². The summed E-state index contributed by atoms with van der Waals surface area (Å²) in [4.78, 5) is 28.0. The number of carbonyl (C=O) groups is 2. The van der Waals surface area contributed by atoms with Crippen LogP contribution in [0.4, 0.5) is 5.69 Å². The summed E-state index contributed by atoms with van der Waals surface area (Å²) in [5.41, 5.74) is 0.962. The minimum atomic E-state index is -3.64. The van der Waals surface area contributed by atoms with E-state index in [1.807, 2.05) is 49.4 Å². The number of sulfonamides is 1.